The lowest BCUT2D eigenvalue weighted by Gasteiger charge is -2.28. The lowest BCUT2D eigenvalue weighted by atomic mass is 9.81. The van der Waals surface area contributed by atoms with E-state index in [9.17, 15) is 0 Å². The van der Waals surface area contributed by atoms with Gasteiger partial charge in [0.05, 0.1) is 7.11 Å². The Bertz CT molecular complexity index is 413. The Labute approximate surface area is 131 Å². The highest BCUT2D eigenvalue weighted by Crippen LogP contribution is 2.30. The van der Waals surface area contributed by atoms with Gasteiger partial charge in [-0.05, 0) is 55.0 Å². The van der Waals surface area contributed by atoms with Crippen molar-refractivity contribution in [3.05, 3.63) is 28.2 Å². The lowest BCUT2D eigenvalue weighted by Crippen LogP contribution is -2.26. The molecule has 0 aliphatic heterocycles. The SMILES string of the molecule is CCC1CCC(CNCc2cc(OC)ccc2Br)CC1. The summed E-state index contributed by atoms with van der Waals surface area (Å²) in [6, 6.07) is 6.15. The molecule has 0 atom stereocenters. The number of hydrogen-bond acceptors (Lipinski definition) is 2. The van der Waals surface area contributed by atoms with Crippen LogP contribution in [0, 0.1) is 11.8 Å². The van der Waals surface area contributed by atoms with Crippen LogP contribution < -0.4 is 10.1 Å². The van der Waals surface area contributed by atoms with Crippen LogP contribution in [0.4, 0.5) is 0 Å². The van der Waals surface area contributed by atoms with Crippen LogP contribution in [0.3, 0.4) is 0 Å². The molecule has 1 N–H and O–H groups in total. The summed E-state index contributed by atoms with van der Waals surface area (Å²) in [5.74, 6) is 2.77. The van der Waals surface area contributed by atoms with Gasteiger partial charge in [0.1, 0.15) is 5.75 Å². The van der Waals surface area contributed by atoms with Crippen molar-refractivity contribution in [2.24, 2.45) is 11.8 Å². The second-order valence-corrected chi connectivity index (χ2v) is 6.74. The van der Waals surface area contributed by atoms with E-state index in [0.717, 1.165) is 35.1 Å². The van der Waals surface area contributed by atoms with Crippen molar-refractivity contribution in [2.45, 2.75) is 45.6 Å². The lowest BCUT2D eigenvalue weighted by molar-refractivity contribution is 0.262. The molecule has 0 aromatic heterocycles. The van der Waals surface area contributed by atoms with Crippen LogP contribution in [0.2, 0.25) is 0 Å². The standard InChI is InChI=1S/C17H26BrNO/c1-3-13-4-6-14(7-5-13)11-19-12-15-10-16(20-2)8-9-17(15)18/h8-10,13-14,19H,3-7,11-12H2,1-2H3. The zero-order valence-corrected chi connectivity index (χ0v) is 14.2. The van der Waals surface area contributed by atoms with Gasteiger partial charge in [-0.3, -0.25) is 0 Å². The molecule has 0 amide bonds. The summed E-state index contributed by atoms with van der Waals surface area (Å²) < 4.78 is 6.43. The number of methoxy groups -OCH3 is 1. The summed E-state index contributed by atoms with van der Waals surface area (Å²) in [7, 11) is 1.71. The van der Waals surface area contributed by atoms with Gasteiger partial charge >= 0.3 is 0 Å². The molecular formula is C17H26BrNO. The highest BCUT2D eigenvalue weighted by molar-refractivity contribution is 9.10. The van der Waals surface area contributed by atoms with Crippen LogP contribution in [-0.4, -0.2) is 13.7 Å². The zero-order chi connectivity index (χ0) is 14.4. The van der Waals surface area contributed by atoms with Gasteiger partial charge in [-0.15, -0.1) is 0 Å². The molecule has 1 aromatic rings. The van der Waals surface area contributed by atoms with Gasteiger partial charge in [0.25, 0.3) is 0 Å². The maximum atomic E-state index is 5.28. The van der Waals surface area contributed by atoms with Gasteiger partial charge in [-0.25, -0.2) is 0 Å². The van der Waals surface area contributed by atoms with Crippen molar-refractivity contribution in [1.29, 1.82) is 0 Å². The molecule has 1 aliphatic rings. The number of halogens is 1. The van der Waals surface area contributed by atoms with E-state index < -0.39 is 0 Å². The summed E-state index contributed by atoms with van der Waals surface area (Å²) in [5.41, 5.74) is 1.27. The van der Waals surface area contributed by atoms with E-state index in [-0.39, 0.29) is 0 Å². The average Bonchev–Trinajstić information content (AvgIpc) is 2.50. The highest BCUT2D eigenvalue weighted by Gasteiger charge is 2.19. The Balaban J connectivity index is 1.76. The van der Waals surface area contributed by atoms with Crippen LogP contribution >= 0.6 is 15.9 Å². The third-order valence-electron chi connectivity index (χ3n) is 4.55. The summed E-state index contributed by atoms with van der Waals surface area (Å²) in [6.07, 6.45) is 6.99. The maximum Gasteiger partial charge on any atom is 0.119 e. The van der Waals surface area contributed by atoms with E-state index in [2.05, 4.69) is 40.3 Å². The molecular weight excluding hydrogens is 314 g/mol. The predicted molar refractivity (Wildman–Crippen MR) is 88.1 cm³/mol. The highest BCUT2D eigenvalue weighted by atomic mass is 79.9. The number of rotatable bonds is 6. The summed E-state index contributed by atoms with van der Waals surface area (Å²) in [5, 5.41) is 3.61. The number of hydrogen-bond donors (Lipinski definition) is 1. The van der Waals surface area contributed by atoms with Crippen molar-refractivity contribution in [3.8, 4) is 5.75 Å². The molecule has 2 nitrogen and oxygen atoms in total. The fourth-order valence-corrected chi connectivity index (χ4v) is 3.46. The van der Waals surface area contributed by atoms with E-state index in [1.165, 1.54) is 37.7 Å². The second kappa shape index (κ2) is 8.04. The minimum absolute atomic E-state index is 0.863. The molecule has 0 heterocycles. The van der Waals surface area contributed by atoms with Crippen molar-refractivity contribution in [2.75, 3.05) is 13.7 Å². The first-order valence-electron chi connectivity index (χ1n) is 7.76. The maximum absolute atomic E-state index is 5.28. The summed E-state index contributed by atoms with van der Waals surface area (Å²) >= 11 is 3.61. The third-order valence-corrected chi connectivity index (χ3v) is 5.32. The molecule has 0 spiro atoms. The Morgan fingerprint density at radius 2 is 1.90 bits per heavy atom. The van der Waals surface area contributed by atoms with Gasteiger partial charge in [0.15, 0.2) is 0 Å². The Hall–Kier alpha value is -0.540. The molecule has 0 bridgehead atoms. The first-order chi connectivity index (χ1) is 9.72. The van der Waals surface area contributed by atoms with Crippen LogP contribution in [0.5, 0.6) is 5.75 Å². The van der Waals surface area contributed by atoms with Crippen LogP contribution in [-0.2, 0) is 6.54 Å². The quantitative estimate of drug-likeness (QED) is 0.806. The van der Waals surface area contributed by atoms with Gasteiger partial charge < -0.3 is 10.1 Å². The molecule has 1 aliphatic carbocycles. The molecule has 20 heavy (non-hydrogen) atoms. The van der Waals surface area contributed by atoms with E-state index >= 15 is 0 Å². The fraction of sp³-hybridized carbons (Fsp3) is 0.647. The van der Waals surface area contributed by atoms with E-state index in [4.69, 9.17) is 4.74 Å². The molecule has 1 saturated carbocycles. The van der Waals surface area contributed by atoms with E-state index in [1.807, 2.05) is 6.07 Å². The average molecular weight is 340 g/mol. The Morgan fingerprint density at radius 3 is 2.55 bits per heavy atom. The molecule has 1 aromatic carbocycles. The molecule has 0 radical (unpaired) electrons. The van der Waals surface area contributed by atoms with Crippen molar-refractivity contribution >= 4 is 15.9 Å². The largest absolute Gasteiger partial charge is 0.497 e. The molecule has 112 valence electrons. The number of benzene rings is 1. The molecule has 0 unspecified atom stereocenters. The Kier molecular flexibility index (Phi) is 6.37. The van der Waals surface area contributed by atoms with Gasteiger partial charge in [-0.2, -0.15) is 0 Å². The third kappa shape index (κ3) is 4.49. The second-order valence-electron chi connectivity index (χ2n) is 5.88. The van der Waals surface area contributed by atoms with Crippen molar-refractivity contribution in [1.82, 2.24) is 5.32 Å². The van der Waals surface area contributed by atoms with E-state index in [0.29, 0.717) is 0 Å². The summed E-state index contributed by atoms with van der Waals surface area (Å²) in [4.78, 5) is 0. The van der Waals surface area contributed by atoms with Crippen molar-refractivity contribution in [3.63, 3.8) is 0 Å². The smallest absolute Gasteiger partial charge is 0.119 e. The molecule has 0 saturated heterocycles. The first kappa shape index (κ1) is 15.8. The number of nitrogens with one attached hydrogen (secondary N) is 1. The Morgan fingerprint density at radius 1 is 1.20 bits per heavy atom. The normalized spacial score (nSPS) is 22.8. The summed E-state index contributed by atoms with van der Waals surface area (Å²) in [6.45, 7) is 4.37. The van der Waals surface area contributed by atoms with Gasteiger partial charge in [0, 0.05) is 11.0 Å². The minimum atomic E-state index is 0.863. The molecule has 3 heteroatoms. The monoisotopic (exact) mass is 339 g/mol. The van der Waals surface area contributed by atoms with Crippen molar-refractivity contribution < 1.29 is 4.74 Å². The topological polar surface area (TPSA) is 21.3 Å². The van der Waals surface area contributed by atoms with E-state index in [1.54, 1.807) is 7.11 Å². The van der Waals surface area contributed by atoms with Crippen LogP contribution in [0.25, 0.3) is 0 Å². The fourth-order valence-electron chi connectivity index (χ4n) is 3.07. The minimum Gasteiger partial charge on any atom is -0.497 e. The van der Waals surface area contributed by atoms with Gasteiger partial charge in [-0.1, -0.05) is 42.1 Å². The number of ether oxygens (including phenoxy) is 1. The van der Waals surface area contributed by atoms with Crippen LogP contribution in [0.15, 0.2) is 22.7 Å². The van der Waals surface area contributed by atoms with Gasteiger partial charge in [0.2, 0.25) is 0 Å². The molecule has 2 rings (SSSR count). The zero-order valence-electron chi connectivity index (χ0n) is 12.6. The predicted octanol–water partition coefficient (Wildman–Crippen LogP) is 4.76. The first-order valence-corrected chi connectivity index (χ1v) is 8.55. The van der Waals surface area contributed by atoms with Crippen LogP contribution in [0.1, 0.15) is 44.6 Å². The molecule has 1 fully saturated rings.